The Morgan fingerprint density at radius 3 is 3.04 bits per heavy atom. The van der Waals surface area contributed by atoms with Crippen molar-refractivity contribution >= 4 is 17.2 Å². The van der Waals surface area contributed by atoms with E-state index in [-0.39, 0.29) is 11.9 Å². The molecule has 1 unspecified atom stereocenters. The van der Waals surface area contributed by atoms with E-state index in [1.165, 1.54) is 16.9 Å². The van der Waals surface area contributed by atoms with Crippen LogP contribution in [0.15, 0.2) is 30.6 Å². The van der Waals surface area contributed by atoms with E-state index in [4.69, 9.17) is 4.74 Å². The van der Waals surface area contributed by atoms with Crippen molar-refractivity contribution in [1.29, 1.82) is 0 Å². The molecule has 0 spiro atoms. The summed E-state index contributed by atoms with van der Waals surface area (Å²) in [5.41, 5.74) is 4.16. The van der Waals surface area contributed by atoms with Gasteiger partial charge in [0.05, 0.1) is 24.5 Å². The van der Waals surface area contributed by atoms with Gasteiger partial charge in [-0.2, -0.15) is 5.10 Å². The van der Waals surface area contributed by atoms with Crippen LogP contribution in [-0.4, -0.2) is 27.3 Å². The van der Waals surface area contributed by atoms with Gasteiger partial charge in [-0.1, -0.05) is 0 Å². The Balaban J connectivity index is 1.50. The number of benzene rings is 1. The van der Waals surface area contributed by atoms with Crippen molar-refractivity contribution in [1.82, 2.24) is 20.1 Å². The molecule has 0 saturated carbocycles. The number of carbonyl (C=O) groups is 1. The predicted molar refractivity (Wildman–Crippen MR) is 101 cm³/mol. The molecule has 1 aliphatic heterocycles. The van der Waals surface area contributed by atoms with Crippen LogP contribution in [0, 0.1) is 6.92 Å². The highest BCUT2D eigenvalue weighted by molar-refractivity contribution is 7.16. The molecule has 1 atom stereocenters. The van der Waals surface area contributed by atoms with Gasteiger partial charge in [0.2, 0.25) is 0 Å². The van der Waals surface area contributed by atoms with Crippen molar-refractivity contribution in [2.45, 2.75) is 26.3 Å². The standard InChI is InChI=1S/C19H20N4O2S/c1-11(15-10-23(3)22-12(15)2)21-18(24)17-9-20-19(26-17)14-4-5-16-13(8-14)6-7-25-16/h4-5,8-11H,6-7H2,1-3H3,(H,21,24). The molecule has 1 aliphatic rings. The van der Waals surface area contributed by atoms with Gasteiger partial charge in [-0.05, 0) is 37.6 Å². The lowest BCUT2D eigenvalue weighted by molar-refractivity contribution is 0.0943. The Morgan fingerprint density at radius 2 is 2.27 bits per heavy atom. The molecular formula is C19H20N4O2S. The second-order valence-corrected chi connectivity index (χ2v) is 7.52. The van der Waals surface area contributed by atoms with Crippen LogP contribution in [0.3, 0.4) is 0 Å². The summed E-state index contributed by atoms with van der Waals surface area (Å²) in [7, 11) is 1.88. The molecule has 0 fully saturated rings. The highest BCUT2D eigenvalue weighted by Crippen LogP contribution is 2.32. The number of fused-ring (bicyclic) bond motifs is 1. The SMILES string of the molecule is Cc1nn(C)cc1C(C)NC(=O)c1cnc(-c2ccc3c(c2)CCO3)s1. The Bertz CT molecular complexity index is 976. The third-order valence-electron chi connectivity index (χ3n) is 4.53. The number of amides is 1. The van der Waals surface area contributed by atoms with Crippen molar-refractivity contribution in [3.63, 3.8) is 0 Å². The molecule has 1 aromatic carbocycles. The summed E-state index contributed by atoms with van der Waals surface area (Å²) in [4.78, 5) is 17.6. The van der Waals surface area contributed by atoms with Gasteiger partial charge >= 0.3 is 0 Å². The lowest BCUT2D eigenvalue weighted by Crippen LogP contribution is -2.26. The first-order chi connectivity index (χ1) is 12.5. The van der Waals surface area contributed by atoms with E-state index in [2.05, 4.69) is 21.5 Å². The number of ether oxygens (including phenoxy) is 1. The fourth-order valence-corrected chi connectivity index (χ4v) is 4.04. The number of thiazole rings is 1. The van der Waals surface area contributed by atoms with Crippen LogP contribution in [0.5, 0.6) is 5.75 Å². The average molecular weight is 368 g/mol. The normalized spacial score (nSPS) is 14.0. The minimum Gasteiger partial charge on any atom is -0.493 e. The quantitative estimate of drug-likeness (QED) is 0.767. The highest BCUT2D eigenvalue weighted by atomic mass is 32.1. The number of carbonyl (C=O) groups excluding carboxylic acids is 1. The third-order valence-corrected chi connectivity index (χ3v) is 5.58. The zero-order valence-corrected chi connectivity index (χ0v) is 15.8. The Labute approximate surface area is 155 Å². The maximum Gasteiger partial charge on any atom is 0.263 e. The van der Waals surface area contributed by atoms with E-state index in [0.29, 0.717) is 4.88 Å². The van der Waals surface area contributed by atoms with Crippen LogP contribution >= 0.6 is 11.3 Å². The summed E-state index contributed by atoms with van der Waals surface area (Å²) >= 11 is 1.40. The van der Waals surface area contributed by atoms with Crippen molar-refractivity contribution in [2.24, 2.45) is 7.05 Å². The van der Waals surface area contributed by atoms with E-state index in [0.717, 1.165) is 40.6 Å². The zero-order valence-electron chi connectivity index (χ0n) is 14.9. The molecule has 2 aromatic heterocycles. The van der Waals surface area contributed by atoms with Crippen molar-refractivity contribution in [3.05, 3.63) is 52.3 Å². The summed E-state index contributed by atoms with van der Waals surface area (Å²) in [5, 5.41) is 8.20. The number of hydrogen-bond acceptors (Lipinski definition) is 5. The molecule has 7 heteroatoms. The monoisotopic (exact) mass is 368 g/mol. The van der Waals surface area contributed by atoms with Crippen molar-refractivity contribution in [2.75, 3.05) is 6.61 Å². The minimum absolute atomic E-state index is 0.112. The van der Waals surface area contributed by atoms with Gasteiger partial charge in [0.1, 0.15) is 15.6 Å². The zero-order chi connectivity index (χ0) is 18.3. The third kappa shape index (κ3) is 3.10. The van der Waals surface area contributed by atoms with Crippen LogP contribution in [0.2, 0.25) is 0 Å². The number of hydrogen-bond donors (Lipinski definition) is 1. The lowest BCUT2D eigenvalue weighted by atomic mass is 10.1. The van der Waals surface area contributed by atoms with Crippen LogP contribution < -0.4 is 10.1 Å². The smallest absolute Gasteiger partial charge is 0.263 e. The Morgan fingerprint density at radius 1 is 1.42 bits per heavy atom. The summed E-state index contributed by atoms with van der Waals surface area (Å²) in [6.45, 7) is 4.64. The van der Waals surface area contributed by atoms with E-state index in [9.17, 15) is 4.79 Å². The largest absolute Gasteiger partial charge is 0.493 e. The van der Waals surface area contributed by atoms with Crippen LogP contribution in [0.1, 0.15) is 39.5 Å². The topological polar surface area (TPSA) is 69.0 Å². The first-order valence-electron chi connectivity index (χ1n) is 8.54. The first kappa shape index (κ1) is 16.8. The van der Waals surface area contributed by atoms with Gasteiger partial charge in [0.15, 0.2) is 0 Å². The van der Waals surface area contributed by atoms with Gasteiger partial charge in [0, 0.05) is 30.8 Å². The molecule has 3 heterocycles. The highest BCUT2D eigenvalue weighted by Gasteiger charge is 2.19. The maximum atomic E-state index is 12.6. The van der Waals surface area contributed by atoms with Crippen LogP contribution in [0.25, 0.3) is 10.6 Å². The fraction of sp³-hybridized carbons (Fsp3) is 0.316. The molecule has 6 nitrogen and oxygen atoms in total. The molecule has 1 N–H and O–H groups in total. The molecule has 4 rings (SSSR count). The van der Waals surface area contributed by atoms with Crippen LogP contribution in [0.4, 0.5) is 0 Å². The Hall–Kier alpha value is -2.67. The first-order valence-corrected chi connectivity index (χ1v) is 9.36. The van der Waals surface area contributed by atoms with E-state index in [1.54, 1.807) is 10.9 Å². The summed E-state index contributed by atoms with van der Waals surface area (Å²) in [6, 6.07) is 5.96. The average Bonchev–Trinajstić information content (AvgIpc) is 3.32. The van der Waals surface area contributed by atoms with Gasteiger partial charge in [-0.25, -0.2) is 4.98 Å². The molecule has 0 saturated heterocycles. The van der Waals surface area contributed by atoms with E-state index in [1.807, 2.05) is 39.2 Å². The lowest BCUT2D eigenvalue weighted by Gasteiger charge is -2.12. The number of aromatic nitrogens is 3. The number of aryl methyl sites for hydroxylation is 2. The fourth-order valence-electron chi connectivity index (χ4n) is 3.22. The predicted octanol–water partition coefficient (Wildman–Crippen LogP) is 3.28. The van der Waals surface area contributed by atoms with Crippen LogP contribution in [-0.2, 0) is 13.5 Å². The minimum atomic E-state index is -0.117. The van der Waals surface area contributed by atoms with Crippen molar-refractivity contribution in [3.8, 4) is 16.3 Å². The maximum absolute atomic E-state index is 12.6. The molecule has 134 valence electrons. The molecule has 0 radical (unpaired) electrons. The summed E-state index contributed by atoms with van der Waals surface area (Å²) < 4.78 is 7.30. The molecule has 26 heavy (non-hydrogen) atoms. The summed E-state index contributed by atoms with van der Waals surface area (Å²) in [5.74, 6) is 0.831. The Kier molecular flexibility index (Phi) is 4.24. The number of nitrogens with zero attached hydrogens (tertiary/aromatic N) is 3. The molecule has 1 amide bonds. The molecule has 0 bridgehead atoms. The summed E-state index contributed by atoms with van der Waals surface area (Å²) in [6.07, 6.45) is 4.50. The second kappa shape index (κ2) is 6.57. The number of nitrogens with one attached hydrogen (secondary N) is 1. The van der Waals surface area contributed by atoms with Gasteiger partial charge in [-0.3, -0.25) is 9.48 Å². The van der Waals surface area contributed by atoms with Gasteiger partial charge < -0.3 is 10.1 Å². The van der Waals surface area contributed by atoms with Crippen molar-refractivity contribution < 1.29 is 9.53 Å². The molecule has 0 aliphatic carbocycles. The van der Waals surface area contributed by atoms with E-state index >= 15 is 0 Å². The molecule has 3 aromatic rings. The van der Waals surface area contributed by atoms with Gasteiger partial charge in [0.25, 0.3) is 5.91 Å². The van der Waals surface area contributed by atoms with E-state index < -0.39 is 0 Å². The second-order valence-electron chi connectivity index (χ2n) is 6.49. The van der Waals surface area contributed by atoms with Gasteiger partial charge in [-0.15, -0.1) is 11.3 Å². The molecular weight excluding hydrogens is 348 g/mol. The number of rotatable bonds is 4.